The lowest BCUT2D eigenvalue weighted by molar-refractivity contribution is -0.123. The van der Waals surface area contributed by atoms with Gasteiger partial charge in [0.25, 0.3) is 11.5 Å². The van der Waals surface area contributed by atoms with E-state index >= 15 is 0 Å². The number of thiocarbonyl (C=S) groups is 1. The smallest absolute Gasteiger partial charge is 0.267 e. The second kappa shape index (κ2) is 9.26. The van der Waals surface area contributed by atoms with E-state index in [0.29, 0.717) is 38.7 Å². The molecule has 1 aliphatic rings. The van der Waals surface area contributed by atoms with E-state index in [1.165, 1.54) is 16.2 Å². The third-order valence-corrected chi connectivity index (χ3v) is 6.55. The topological polar surface area (TPSA) is 66.7 Å². The number of anilines is 1. The summed E-state index contributed by atoms with van der Waals surface area (Å²) in [7, 11) is 0. The van der Waals surface area contributed by atoms with Crippen LogP contribution in [0.1, 0.15) is 37.9 Å². The van der Waals surface area contributed by atoms with Gasteiger partial charge < -0.3 is 5.32 Å². The molecule has 4 rings (SSSR count). The average Bonchev–Trinajstić information content (AvgIpc) is 3.07. The summed E-state index contributed by atoms with van der Waals surface area (Å²) in [5.41, 5.74) is 1.66. The lowest BCUT2D eigenvalue weighted by Crippen LogP contribution is -2.31. The molecule has 0 aliphatic carbocycles. The molecular formula is C24H24N4O2S2. The SMILES string of the molecule is CC(C)CNc1nc2ccccn2c(=O)c1/C=C1\SC(=S)N([C@H](C)c2ccccc2)C1=O. The number of nitrogens with zero attached hydrogens (tertiary/aromatic N) is 3. The number of aromatic nitrogens is 2. The van der Waals surface area contributed by atoms with Gasteiger partial charge in [0.2, 0.25) is 0 Å². The number of hydrogen-bond donors (Lipinski definition) is 1. The fraction of sp³-hybridized carbons (Fsp3) is 0.250. The van der Waals surface area contributed by atoms with Crippen LogP contribution >= 0.6 is 24.0 Å². The van der Waals surface area contributed by atoms with Gasteiger partial charge in [0.15, 0.2) is 0 Å². The Morgan fingerprint density at radius 3 is 2.53 bits per heavy atom. The van der Waals surface area contributed by atoms with Gasteiger partial charge in [-0.25, -0.2) is 4.98 Å². The van der Waals surface area contributed by atoms with Crippen molar-refractivity contribution in [1.82, 2.24) is 14.3 Å². The number of nitrogens with one attached hydrogen (secondary N) is 1. The van der Waals surface area contributed by atoms with Crippen LogP contribution in [-0.4, -0.2) is 31.1 Å². The number of thioether (sulfide) groups is 1. The summed E-state index contributed by atoms with van der Waals surface area (Å²) in [4.78, 5) is 33.2. The molecule has 1 saturated heterocycles. The van der Waals surface area contributed by atoms with Crippen LogP contribution in [0, 0.1) is 5.92 Å². The molecule has 0 unspecified atom stereocenters. The lowest BCUT2D eigenvalue weighted by atomic mass is 10.1. The molecule has 6 nitrogen and oxygen atoms in total. The first-order chi connectivity index (χ1) is 15.4. The molecule has 32 heavy (non-hydrogen) atoms. The number of fused-ring (bicyclic) bond motifs is 1. The molecule has 1 N–H and O–H groups in total. The molecule has 1 aromatic carbocycles. The molecule has 3 aromatic rings. The van der Waals surface area contributed by atoms with Gasteiger partial charge in [-0.05, 0) is 36.6 Å². The molecule has 1 atom stereocenters. The average molecular weight is 465 g/mol. The minimum absolute atomic E-state index is 0.205. The third-order valence-electron chi connectivity index (χ3n) is 5.22. The first-order valence-electron chi connectivity index (χ1n) is 10.4. The highest BCUT2D eigenvalue weighted by Crippen LogP contribution is 2.38. The molecule has 8 heteroatoms. The number of amides is 1. The van der Waals surface area contributed by atoms with Crippen LogP contribution < -0.4 is 10.9 Å². The lowest BCUT2D eigenvalue weighted by Gasteiger charge is -2.23. The zero-order valence-electron chi connectivity index (χ0n) is 18.1. The minimum atomic E-state index is -0.233. The minimum Gasteiger partial charge on any atom is -0.369 e. The number of pyridine rings is 1. The second-order valence-electron chi connectivity index (χ2n) is 8.02. The molecule has 0 radical (unpaired) electrons. The zero-order chi connectivity index (χ0) is 22.8. The molecule has 3 heterocycles. The van der Waals surface area contributed by atoms with E-state index in [4.69, 9.17) is 12.2 Å². The monoisotopic (exact) mass is 464 g/mol. The maximum Gasteiger partial charge on any atom is 0.267 e. The van der Waals surface area contributed by atoms with E-state index < -0.39 is 0 Å². The Kier molecular flexibility index (Phi) is 6.43. The number of rotatable bonds is 6. The summed E-state index contributed by atoms with van der Waals surface area (Å²) < 4.78 is 1.96. The van der Waals surface area contributed by atoms with E-state index in [2.05, 4.69) is 24.1 Å². The Hall–Kier alpha value is -2.97. The molecule has 1 fully saturated rings. The molecule has 0 spiro atoms. The quantitative estimate of drug-likeness (QED) is 0.420. The van der Waals surface area contributed by atoms with Crippen LogP contribution in [0.4, 0.5) is 5.82 Å². The van der Waals surface area contributed by atoms with Gasteiger partial charge >= 0.3 is 0 Å². The maximum atomic E-state index is 13.3. The predicted octanol–water partition coefficient (Wildman–Crippen LogP) is 4.72. The Balaban J connectivity index is 1.76. The Morgan fingerprint density at radius 2 is 1.81 bits per heavy atom. The van der Waals surface area contributed by atoms with Crippen molar-refractivity contribution >= 4 is 51.7 Å². The van der Waals surface area contributed by atoms with Gasteiger partial charge in [-0.1, -0.05) is 74.2 Å². The fourth-order valence-corrected chi connectivity index (χ4v) is 4.89. The number of carbonyl (C=O) groups excluding carboxylic acids is 1. The van der Waals surface area contributed by atoms with Crippen molar-refractivity contribution in [3.8, 4) is 0 Å². The van der Waals surface area contributed by atoms with E-state index in [0.717, 1.165) is 5.56 Å². The van der Waals surface area contributed by atoms with Gasteiger partial charge in [-0.15, -0.1) is 0 Å². The van der Waals surface area contributed by atoms with Crippen molar-refractivity contribution < 1.29 is 4.79 Å². The highest BCUT2D eigenvalue weighted by atomic mass is 32.2. The van der Waals surface area contributed by atoms with Gasteiger partial charge in [-0.3, -0.25) is 18.9 Å². The summed E-state index contributed by atoms with van der Waals surface area (Å²) in [6, 6.07) is 15.0. The summed E-state index contributed by atoms with van der Waals surface area (Å²) >= 11 is 6.74. The maximum absolute atomic E-state index is 13.3. The van der Waals surface area contributed by atoms with Crippen molar-refractivity contribution in [3.63, 3.8) is 0 Å². The number of carbonyl (C=O) groups is 1. The van der Waals surface area contributed by atoms with Crippen LogP contribution in [-0.2, 0) is 4.79 Å². The molecule has 2 aromatic heterocycles. The highest BCUT2D eigenvalue weighted by molar-refractivity contribution is 8.26. The third kappa shape index (κ3) is 4.33. The van der Waals surface area contributed by atoms with Crippen molar-refractivity contribution in [3.05, 3.63) is 81.1 Å². The molecule has 0 bridgehead atoms. The number of benzene rings is 1. The first kappa shape index (κ1) is 22.2. The molecule has 164 valence electrons. The zero-order valence-corrected chi connectivity index (χ0v) is 19.7. The Morgan fingerprint density at radius 1 is 1.09 bits per heavy atom. The van der Waals surface area contributed by atoms with Crippen LogP contribution in [0.5, 0.6) is 0 Å². The van der Waals surface area contributed by atoms with Crippen LogP contribution in [0.25, 0.3) is 11.7 Å². The van der Waals surface area contributed by atoms with Gasteiger partial charge in [0.1, 0.15) is 15.8 Å². The molecule has 0 saturated carbocycles. The van der Waals surface area contributed by atoms with Gasteiger partial charge in [0, 0.05) is 12.7 Å². The van der Waals surface area contributed by atoms with Crippen molar-refractivity contribution in [1.29, 1.82) is 0 Å². The van der Waals surface area contributed by atoms with Gasteiger partial charge in [-0.2, -0.15) is 0 Å². The number of hydrogen-bond acceptors (Lipinski definition) is 6. The van der Waals surface area contributed by atoms with E-state index in [1.54, 1.807) is 29.3 Å². The van der Waals surface area contributed by atoms with Crippen molar-refractivity contribution in [2.75, 3.05) is 11.9 Å². The molecule has 1 aliphatic heterocycles. The predicted molar refractivity (Wildman–Crippen MR) is 135 cm³/mol. The van der Waals surface area contributed by atoms with Crippen molar-refractivity contribution in [2.24, 2.45) is 5.92 Å². The Labute approximate surface area is 196 Å². The first-order valence-corrected chi connectivity index (χ1v) is 11.7. The molecular weight excluding hydrogens is 440 g/mol. The van der Waals surface area contributed by atoms with Crippen molar-refractivity contribution in [2.45, 2.75) is 26.8 Å². The standard InChI is InChI=1S/C24H24N4O2S2/c1-15(2)14-25-21-18(22(29)27-12-8-7-11-20(27)26-21)13-19-23(30)28(24(31)32-19)16(3)17-9-5-4-6-10-17/h4-13,15-16,25H,14H2,1-3H3/b19-13-/t16-/m1/s1. The van der Waals surface area contributed by atoms with E-state index in [-0.39, 0.29) is 17.5 Å². The second-order valence-corrected chi connectivity index (χ2v) is 9.70. The van der Waals surface area contributed by atoms with Crippen LogP contribution in [0.3, 0.4) is 0 Å². The largest absolute Gasteiger partial charge is 0.369 e. The van der Waals surface area contributed by atoms with Gasteiger partial charge in [0.05, 0.1) is 16.5 Å². The summed E-state index contributed by atoms with van der Waals surface area (Å²) in [6.45, 7) is 6.76. The fourth-order valence-electron chi connectivity index (χ4n) is 3.49. The summed E-state index contributed by atoms with van der Waals surface area (Å²) in [6.07, 6.45) is 3.30. The van der Waals surface area contributed by atoms with E-state index in [9.17, 15) is 9.59 Å². The van der Waals surface area contributed by atoms with Crippen LogP contribution in [0.2, 0.25) is 0 Å². The summed E-state index contributed by atoms with van der Waals surface area (Å²) in [5, 5.41) is 3.27. The normalized spacial score (nSPS) is 16.4. The summed E-state index contributed by atoms with van der Waals surface area (Å²) in [5.74, 6) is 0.629. The Bertz CT molecular complexity index is 1270. The van der Waals surface area contributed by atoms with E-state index in [1.807, 2.05) is 43.3 Å². The highest BCUT2D eigenvalue weighted by Gasteiger charge is 2.36. The van der Waals surface area contributed by atoms with Crippen LogP contribution in [0.15, 0.2) is 64.4 Å². The molecule has 1 amide bonds.